The molecule has 0 bridgehead atoms. The summed E-state index contributed by atoms with van der Waals surface area (Å²) in [5.41, 5.74) is 0.985. The van der Waals surface area contributed by atoms with Crippen LogP contribution in [0.15, 0.2) is 36.7 Å². The van der Waals surface area contributed by atoms with E-state index in [1.54, 1.807) is 43.2 Å². The van der Waals surface area contributed by atoms with Crippen molar-refractivity contribution in [2.24, 2.45) is 7.05 Å². The molecule has 0 atom stereocenters. The Morgan fingerprint density at radius 2 is 2.05 bits per heavy atom. The monoisotopic (exact) mass is 311 g/mol. The first-order valence-electron chi connectivity index (χ1n) is 6.61. The van der Waals surface area contributed by atoms with E-state index in [1.165, 1.54) is 16.4 Å². The SMILES string of the molecule is CCN(Cc1cnn(C)c1)S(=O)(=O)Cc1ccccc1F. The van der Waals surface area contributed by atoms with Crippen LogP contribution in [0.4, 0.5) is 4.39 Å². The summed E-state index contributed by atoms with van der Waals surface area (Å²) in [7, 11) is -1.81. The molecule has 21 heavy (non-hydrogen) atoms. The summed E-state index contributed by atoms with van der Waals surface area (Å²) >= 11 is 0. The zero-order valence-corrected chi connectivity index (χ0v) is 12.8. The fourth-order valence-corrected chi connectivity index (χ4v) is 3.62. The second-order valence-corrected chi connectivity index (χ2v) is 6.76. The number of halogens is 1. The van der Waals surface area contributed by atoms with Crippen LogP contribution < -0.4 is 0 Å². The van der Waals surface area contributed by atoms with E-state index in [2.05, 4.69) is 5.10 Å². The van der Waals surface area contributed by atoms with Crippen LogP contribution in [0, 0.1) is 5.82 Å². The van der Waals surface area contributed by atoms with Gasteiger partial charge in [-0.05, 0) is 6.07 Å². The van der Waals surface area contributed by atoms with E-state index in [-0.39, 0.29) is 17.9 Å². The highest BCUT2D eigenvalue weighted by molar-refractivity contribution is 7.88. The molecular formula is C14H18FN3O2S. The van der Waals surface area contributed by atoms with Gasteiger partial charge >= 0.3 is 0 Å². The lowest BCUT2D eigenvalue weighted by molar-refractivity contribution is 0.422. The van der Waals surface area contributed by atoms with Crippen molar-refractivity contribution >= 4 is 10.0 Å². The third-order valence-corrected chi connectivity index (χ3v) is 5.01. The van der Waals surface area contributed by atoms with Crippen molar-refractivity contribution in [2.75, 3.05) is 6.54 Å². The normalized spacial score (nSPS) is 12.0. The molecule has 1 heterocycles. The van der Waals surface area contributed by atoms with Crippen molar-refractivity contribution in [2.45, 2.75) is 19.2 Å². The molecule has 0 saturated heterocycles. The molecule has 0 amide bonds. The summed E-state index contributed by atoms with van der Waals surface area (Å²) in [4.78, 5) is 0. The van der Waals surface area contributed by atoms with E-state index in [4.69, 9.17) is 0 Å². The molecule has 0 aliphatic carbocycles. The largest absolute Gasteiger partial charge is 0.275 e. The van der Waals surface area contributed by atoms with E-state index in [0.717, 1.165) is 5.56 Å². The molecule has 0 N–H and O–H groups in total. The van der Waals surface area contributed by atoms with Gasteiger partial charge in [-0.3, -0.25) is 4.68 Å². The molecule has 0 spiro atoms. The van der Waals surface area contributed by atoms with E-state index in [0.29, 0.717) is 6.54 Å². The predicted molar refractivity (Wildman–Crippen MR) is 78.3 cm³/mol. The maximum absolute atomic E-state index is 13.6. The van der Waals surface area contributed by atoms with Gasteiger partial charge in [-0.1, -0.05) is 25.1 Å². The second kappa shape index (κ2) is 6.36. The number of hydrogen-bond acceptors (Lipinski definition) is 3. The van der Waals surface area contributed by atoms with Gasteiger partial charge in [0.05, 0.1) is 11.9 Å². The van der Waals surface area contributed by atoms with Crippen LogP contribution in [0.1, 0.15) is 18.1 Å². The Kier molecular flexibility index (Phi) is 4.74. The first-order chi connectivity index (χ1) is 9.92. The highest BCUT2D eigenvalue weighted by Gasteiger charge is 2.23. The average molecular weight is 311 g/mol. The summed E-state index contributed by atoms with van der Waals surface area (Å²) in [6, 6.07) is 5.93. The Balaban J connectivity index is 2.18. The lowest BCUT2D eigenvalue weighted by atomic mass is 10.2. The smallest absolute Gasteiger partial charge is 0.218 e. The number of benzene rings is 1. The number of rotatable bonds is 6. The predicted octanol–water partition coefficient (Wildman–Crippen LogP) is 1.91. The van der Waals surface area contributed by atoms with Gasteiger partial charge in [0.15, 0.2) is 0 Å². The van der Waals surface area contributed by atoms with E-state index in [9.17, 15) is 12.8 Å². The minimum atomic E-state index is -3.58. The average Bonchev–Trinajstić information content (AvgIpc) is 2.84. The molecule has 1 aromatic carbocycles. The van der Waals surface area contributed by atoms with Gasteiger partial charge in [-0.25, -0.2) is 12.8 Å². The number of sulfonamides is 1. The van der Waals surface area contributed by atoms with E-state index < -0.39 is 15.8 Å². The van der Waals surface area contributed by atoms with Gasteiger partial charge in [0.1, 0.15) is 5.82 Å². The fraction of sp³-hybridized carbons (Fsp3) is 0.357. The zero-order chi connectivity index (χ0) is 15.5. The van der Waals surface area contributed by atoms with Gasteiger partial charge in [0.25, 0.3) is 0 Å². The highest BCUT2D eigenvalue weighted by Crippen LogP contribution is 2.16. The van der Waals surface area contributed by atoms with Crippen LogP contribution in [0.3, 0.4) is 0 Å². The molecule has 0 aliphatic rings. The minimum Gasteiger partial charge on any atom is -0.275 e. The van der Waals surface area contributed by atoms with Gasteiger partial charge in [-0.15, -0.1) is 0 Å². The van der Waals surface area contributed by atoms with Gasteiger partial charge in [0.2, 0.25) is 10.0 Å². The molecule has 7 heteroatoms. The number of hydrogen-bond donors (Lipinski definition) is 0. The second-order valence-electron chi connectivity index (χ2n) is 4.80. The maximum atomic E-state index is 13.6. The molecular weight excluding hydrogens is 293 g/mol. The molecule has 2 rings (SSSR count). The number of aryl methyl sites for hydroxylation is 1. The molecule has 0 saturated carbocycles. The lowest BCUT2D eigenvalue weighted by Gasteiger charge is -2.20. The molecule has 0 aliphatic heterocycles. The summed E-state index contributed by atoms with van der Waals surface area (Å²) < 4.78 is 41.4. The van der Waals surface area contributed by atoms with Crippen LogP contribution in [0.25, 0.3) is 0 Å². The quantitative estimate of drug-likeness (QED) is 0.819. The Morgan fingerprint density at radius 1 is 1.33 bits per heavy atom. The van der Waals surface area contributed by atoms with Crippen molar-refractivity contribution in [3.8, 4) is 0 Å². The maximum Gasteiger partial charge on any atom is 0.218 e. The van der Waals surface area contributed by atoms with Crippen LogP contribution in [0.2, 0.25) is 0 Å². The summed E-state index contributed by atoms with van der Waals surface area (Å²) in [5, 5.41) is 4.02. The summed E-state index contributed by atoms with van der Waals surface area (Å²) in [6.07, 6.45) is 3.39. The van der Waals surface area contributed by atoms with Crippen LogP contribution >= 0.6 is 0 Å². The Labute approximate surface area is 124 Å². The number of nitrogens with zero attached hydrogens (tertiary/aromatic N) is 3. The molecule has 5 nitrogen and oxygen atoms in total. The first kappa shape index (κ1) is 15.7. The summed E-state index contributed by atoms with van der Waals surface area (Å²) in [6.45, 7) is 2.32. The topological polar surface area (TPSA) is 55.2 Å². The lowest BCUT2D eigenvalue weighted by Crippen LogP contribution is -2.31. The van der Waals surface area contributed by atoms with Crippen molar-refractivity contribution < 1.29 is 12.8 Å². The van der Waals surface area contributed by atoms with E-state index in [1.807, 2.05) is 0 Å². The Morgan fingerprint density at radius 3 is 2.62 bits per heavy atom. The molecule has 0 unspecified atom stereocenters. The van der Waals surface area contributed by atoms with Crippen LogP contribution in [-0.2, 0) is 29.4 Å². The Hall–Kier alpha value is -1.73. The van der Waals surface area contributed by atoms with Gasteiger partial charge in [-0.2, -0.15) is 9.40 Å². The number of aromatic nitrogens is 2. The van der Waals surface area contributed by atoms with Crippen molar-refractivity contribution in [1.82, 2.24) is 14.1 Å². The molecule has 0 fully saturated rings. The summed E-state index contributed by atoms with van der Waals surface area (Å²) in [5.74, 6) is -0.841. The first-order valence-corrected chi connectivity index (χ1v) is 8.22. The third kappa shape index (κ3) is 3.89. The molecule has 114 valence electrons. The highest BCUT2D eigenvalue weighted by atomic mass is 32.2. The van der Waals surface area contributed by atoms with Crippen LogP contribution in [0.5, 0.6) is 0 Å². The molecule has 2 aromatic rings. The minimum absolute atomic E-state index is 0.183. The van der Waals surface area contributed by atoms with Crippen molar-refractivity contribution in [1.29, 1.82) is 0 Å². The van der Waals surface area contributed by atoms with Crippen molar-refractivity contribution in [3.05, 3.63) is 53.6 Å². The van der Waals surface area contributed by atoms with Crippen molar-refractivity contribution in [3.63, 3.8) is 0 Å². The fourth-order valence-electron chi connectivity index (χ4n) is 2.07. The van der Waals surface area contributed by atoms with Gasteiger partial charge < -0.3 is 0 Å². The molecule has 0 radical (unpaired) electrons. The van der Waals surface area contributed by atoms with E-state index >= 15 is 0 Å². The Bertz CT molecular complexity index is 713. The van der Waals surface area contributed by atoms with Gasteiger partial charge in [0, 0.05) is 37.5 Å². The zero-order valence-electron chi connectivity index (χ0n) is 12.0. The standard InChI is InChI=1S/C14H18FN3O2S/c1-3-18(10-12-8-16-17(2)9-12)21(19,20)11-13-6-4-5-7-14(13)15/h4-9H,3,10-11H2,1-2H3. The van der Waals surface area contributed by atoms with Crippen LogP contribution in [-0.4, -0.2) is 29.0 Å². The third-order valence-electron chi connectivity index (χ3n) is 3.16. The molecule has 1 aromatic heterocycles.